The van der Waals surface area contributed by atoms with E-state index in [4.69, 9.17) is 4.74 Å². The largest absolute Gasteiger partial charge is 0.394 e. The lowest BCUT2D eigenvalue weighted by Crippen LogP contribution is -2.62. The van der Waals surface area contributed by atoms with Crippen molar-refractivity contribution in [2.24, 2.45) is 0 Å². The van der Waals surface area contributed by atoms with Crippen molar-refractivity contribution < 1.29 is 25.2 Å². The maximum atomic E-state index is 10.8. The number of aliphatic hydroxyl groups is 4. The van der Waals surface area contributed by atoms with Crippen molar-refractivity contribution in [3.05, 3.63) is 88.5 Å². The van der Waals surface area contributed by atoms with E-state index < -0.39 is 37.3 Å². The minimum Gasteiger partial charge on any atom is -0.394 e. The second kappa shape index (κ2) is 9.46. The van der Waals surface area contributed by atoms with Crippen LogP contribution in [0, 0.1) is 11.3 Å². The first kappa shape index (κ1) is 22.6. The molecule has 0 spiro atoms. The van der Waals surface area contributed by atoms with Gasteiger partial charge in [-0.3, -0.25) is 0 Å². The Morgan fingerprint density at radius 1 is 0.938 bits per heavy atom. The van der Waals surface area contributed by atoms with Gasteiger partial charge in [-0.2, -0.15) is 5.26 Å². The molecule has 6 atom stereocenters. The predicted octanol–water partition coefficient (Wildman–Crippen LogP) is 1.59. The van der Waals surface area contributed by atoms with Crippen LogP contribution >= 0.6 is 12.6 Å². The molecule has 7 nitrogen and oxygen atoms in total. The topological polar surface area (TPSA) is 117 Å². The third-order valence-electron chi connectivity index (χ3n) is 5.83. The van der Waals surface area contributed by atoms with Gasteiger partial charge in [-0.25, -0.2) is 0 Å². The molecule has 166 valence electrons. The normalized spacial score (nSPS) is 30.6. The Balaban J connectivity index is 1.86. The highest BCUT2D eigenvalue weighted by Gasteiger charge is 2.48. The highest BCUT2D eigenvalue weighted by Crippen LogP contribution is 2.44. The predicted molar refractivity (Wildman–Crippen MR) is 121 cm³/mol. The number of benzene rings is 2. The number of hydrogen-bond donors (Lipinski definition) is 5. The first-order chi connectivity index (χ1) is 15.5. The van der Waals surface area contributed by atoms with E-state index in [1.807, 2.05) is 66.7 Å². The van der Waals surface area contributed by atoms with Gasteiger partial charge >= 0.3 is 0 Å². The van der Waals surface area contributed by atoms with Gasteiger partial charge in [-0.1, -0.05) is 60.7 Å². The van der Waals surface area contributed by atoms with Crippen molar-refractivity contribution in [3.63, 3.8) is 0 Å². The number of hydrogen-bond acceptors (Lipinski definition) is 8. The summed E-state index contributed by atoms with van der Waals surface area (Å²) in [5, 5.41) is 51.2. The average molecular weight is 453 g/mol. The van der Waals surface area contributed by atoms with Gasteiger partial charge in [-0.05, 0) is 17.2 Å². The molecule has 2 aromatic rings. The van der Waals surface area contributed by atoms with Crippen LogP contribution in [0.2, 0.25) is 0 Å². The van der Waals surface area contributed by atoms with Crippen molar-refractivity contribution in [3.8, 4) is 6.07 Å². The lowest BCUT2D eigenvalue weighted by molar-refractivity contribution is -0.252. The smallest absolute Gasteiger partial charge is 0.164 e. The van der Waals surface area contributed by atoms with Gasteiger partial charge in [0.1, 0.15) is 24.4 Å². The molecule has 0 radical (unpaired) electrons. The number of rotatable bonds is 4. The third kappa shape index (κ3) is 3.95. The summed E-state index contributed by atoms with van der Waals surface area (Å²) in [6.07, 6.45) is -4.94. The lowest BCUT2D eigenvalue weighted by atomic mass is 9.87. The van der Waals surface area contributed by atoms with Crippen molar-refractivity contribution >= 4 is 18.3 Å². The molecule has 32 heavy (non-hydrogen) atoms. The molecule has 1 fully saturated rings. The summed E-state index contributed by atoms with van der Waals surface area (Å²) >= 11 is 4.66. The molecule has 2 aliphatic heterocycles. The van der Waals surface area contributed by atoms with Crippen LogP contribution in [0.3, 0.4) is 0 Å². The molecule has 2 aliphatic rings. The molecular weight excluding hydrogens is 428 g/mol. The molecule has 0 aromatic heterocycles. The van der Waals surface area contributed by atoms with Crippen molar-refractivity contribution in [2.75, 3.05) is 6.61 Å². The van der Waals surface area contributed by atoms with Crippen molar-refractivity contribution in [1.82, 2.24) is 4.90 Å². The minimum atomic E-state index is -1.55. The summed E-state index contributed by atoms with van der Waals surface area (Å²) in [5.41, 5.74) is 2.65. The second-order valence-electron chi connectivity index (χ2n) is 7.74. The molecule has 8 heteroatoms. The summed E-state index contributed by atoms with van der Waals surface area (Å²) in [7, 11) is 0. The number of thiol groups is 1. The first-order valence-electron chi connectivity index (χ1n) is 10.2. The molecular formula is C24H24N2O5S. The Hall–Kier alpha value is -2.64. The van der Waals surface area contributed by atoms with E-state index in [0.29, 0.717) is 11.3 Å². The number of nitrogens with zero attached hydrogens (tertiary/aromatic N) is 2. The Bertz CT molecular complexity index is 1050. The molecule has 2 heterocycles. The van der Waals surface area contributed by atoms with E-state index in [0.717, 1.165) is 11.1 Å². The fourth-order valence-electron chi connectivity index (χ4n) is 4.14. The summed E-state index contributed by atoms with van der Waals surface area (Å²) < 4.78 is 5.81. The monoisotopic (exact) mass is 452 g/mol. The van der Waals surface area contributed by atoms with Crippen LogP contribution in [0.4, 0.5) is 0 Å². The standard InChI is InChI=1S/C24H24N2O5S/c25-12-17-16(14-7-3-1-4-8-14)11-18(15-9-5-2-6-10-15)26(24(17)32)23-22(30)21(29)20(28)19(13-27)31-23/h1-11,16,19-23,27-30,32H,13H2. The fourth-order valence-corrected chi connectivity index (χ4v) is 4.56. The lowest BCUT2D eigenvalue weighted by Gasteiger charge is -2.47. The van der Waals surface area contributed by atoms with Gasteiger partial charge < -0.3 is 30.1 Å². The second-order valence-corrected chi connectivity index (χ2v) is 8.17. The van der Waals surface area contributed by atoms with Crippen LogP contribution in [0.5, 0.6) is 0 Å². The van der Waals surface area contributed by atoms with E-state index in [9.17, 15) is 25.7 Å². The van der Waals surface area contributed by atoms with Crippen LogP contribution in [0.15, 0.2) is 77.3 Å². The van der Waals surface area contributed by atoms with Gasteiger partial charge in [-0.15, -0.1) is 12.6 Å². The minimum absolute atomic E-state index is 0.257. The molecule has 0 saturated carbocycles. The molecule has 0 amide bonds. The van der Waals surface area contributed by atoms with Crippen LogP contribution < -0.4 is 0 Å². The summed E-state index contributed by atoms with van der Waals surface area (Å²) in [6.45, 7) is -0.553. The van der Waals surface area contributed by atoms with E-state index in [1.165, 1.54) is 0 Å². The van der Waals surface area contributed by atoms with E-state index >= 15 is 0 Å². The quantitative estimate of drug-likeness (QED) is 0.447. The molecule has 0 aliphatic carbocycles. The van der Waals surface area contributed by atoms with Gasteiger partial charge in [0, 0.05) is 11.6 Å². The van der Waals surface area contributed by atoms with Crippen molar-refractivity contribution in [2.45, 2.75) is 36.6 Å². The zero-order valence-corrected chi connectivity index (χ0v) is 18.0. The Kier molecular flexibility index (Phi) is 6.67. The Morgan fingerprint density at radius 2 is 1.56 bits per heavy atom. The molecule has 4 N–H and O–H groups in total. The maximum Gasteiger partial charge on any atom is 0.164 e. The summed E-state index contributed by atoms with van der Waals surface area (Å²) in [4.78, 5) is 1.54. The van der Waals surface area contributed by atoms with E-state index in [1.54, 1.807) is 4.90 Å². The molecule has 2 aromatic carbocycles. The van der Waals surface area contributed by atoms with Gasteiger partial charge in [0.05, 0.1) is 23.3 Å². The molecule has 6 unspecified atom stereocenters. The van der Waals surface area contributed by atoms with E-state index in [2.05, 4.69) is 18.7 Å². The Labute approximate surface area is 191 Å². The summed E-state index contributed by atoms with van der Waals surface area (Å²) in [5.74, 6) is -0.384. The average Bonchev–Trinajstić information content (AvgIpc) is 2.84. The molecule has 4 rings (SSSR count). The summed E-state index contributed by atoms with van der Waals surface area (Å²) in [6, 6.07) is 21.1. The van der Waals surface area contributed by atoms with Crippen LogP contribution in [0.25, 0.3) is 5.70 Å². The van der Waals surface area contributed by atoms with Gasteiger partial charge in [0.25, 0.3) is 0 Å². The first-order valence-corrected chi connectivity index (χ1v) is 10.7. The maximum absolute atomic E-state index is 10.8. The van der Waals surface area contributed by atoms with Gasteiger partial charge in [0.15, 0.2) is 6.23 Å². The highest BCUT2D eigenvalue weighted by molar-refractivity contribution is 7.84. The van der Waals surface area contributed by atoms with Crippen LogP contribution in [-0.2, 0) is 4.74 Å². The zero-order valence-electron chi connectivity index (χ0n) is 17.1. The van der Waals surface area contributed by atoms with Crippen LogP contribution in [0.1, 0.15) is 17.0 Å². The number of allylic oxidation sites excluding steroid dienone is 2. The number of aliphatic hydroxyl groups excluding tert-OH is 4. The zero-order chi connectivity index (χ0) is 22.8. The fraction of sp³-hybridized carbons (Fsp3) is 0.292. The van der Waals surface area contributed by atoms with Crippen molar-refractivity contribution in [1.29, 1.82) is 5.26 Å². The SMILES string of the molecule is N#CC1=C(S)N(C2OC(CO)C(O)C(O)C2O)C(c2ccccc2)=CC1c1ccccc1. The molecule has 0 bridgehead atoms. The Morgan fingerprint density at radius 3 is 2.16 bits per heavy atom. The third-order valence-corrected chi connectivity index (χ3v) is 6.29. The molecule has 1 saturated heterocycles. The van der Waals surface area contributed by atoms with Gasteiger partial charge in [0.2, 0.25) is 0 Å². The van der Waals surface area contributed by atoms with Crippen LogP contribution in [-0.4, -0.2) is 62.6 Å². The number of nitriles is 1. The highest BCUT2D eigenvalue weighted by atomic mass is 32.1. The van der Waals surface area contributed by atoms with E-state index in [-0.39, 0.29) is 10.9 Å². The number of ether oxygens (including phenoxy) is 1.